The Kier molecular flexibility index (Phi) is 8.20. The first-order chi connectivity index (χ1) is 14.1. The summed E-state index contributed by atoms with van der Waals surface area (Å²) < 4.78 is 5.23. The molecule has 4 N–H and O–H groups in total. The number of alkyl carbamates (subject to hydrolysis) is 1. The molecular weight excluding hydrogens is 404 g/mol. The Hall–Kier alpha value is -3.10. The molecule has 1 rings (SSSR count). The van der Waals surface area contributed by atoms with Crippen molar-refractivity contribution in [2.75, 3.05) is 0 Å². The van der Waals surface area contributed by atoms with E-state index in [2.05, 4.69) is 10.6 Å². The molecule has 0 unspecified atom stereocenters. The predicted molar refractivity (Wildman–Crippen MR) is 114 cm³/mol. The van der Waals surface area contributed by atoms with Crippen LogP contribution in [0.25, 0.3) is 0 Å². The quantitative estimate of drug-likeness (QED) is 0.490. The average molecular weight is 437 g/mol. The molecule has 31 heavy (non-hydrogen) atoms. The van der Waals surface area contributed by atoms with Gasteiger partial charge in [0.05, 0.1) is 6.42 Å². The minimum Gasteiger partial charge on any atom is -0.481 e. The molecular formula is C22H32N2O7. The van der Waals surface area contributed by atoms with E-state index >= 15 is 0 Å². The molecule has 0 saturated carbocycles. The number of benzene rings is 1. The van der Waals surface area contributed by atoms with Crippen LogP contribution in [0.2, 0.25) is 0 Å². The van der Waals surface area contributed by atoms with E-state index in [9.17, 15) is 29.4 Å². The third-order valence-corrected chi connectivity index (χ3v) is 4.68. The van der Waals surface area contributed by atoms with Crippen molar-refractivity contribution in [3.05, 3.63) is 35.9 Å². The van der Waals surface area contributed by atoms with Gasteiger partial charge >= 0.3 is 18.0 Å². The number of carbonyl (C=O) groups is 4. The summed E-state index contributed by atoms with van der Waals surface area (Å²) in [6.07, 6.45) is -1.75. The lowest BCUT2D eigenvalue weighted by Crippen LogP contribution is -2.68. The van der Waals surface area contributed by atoms with Gasteiger partial charge in [0, 0.05) is 6.42 Å². The SMILES string of the molecule is CC(C)(C)OC(=O)N[C@@](CC(=O)O)(C(=O)N[C@@H](Cc1ccccc1)C(=O)O)C(C)(C)C. The smallest absolute Gasteiger partial charge is 0.408 e. The molecule has 1 aromatic carbocycles. The maximum absolute atomic E-state index is 13.3. The fourth-order valence-corrected chi connectivity index (χ4v) is 3.01. The Labute approximate surface area is 182 Å². The number of nitrogens with one attached hydrogen (secondary N) is 2. The number of carboxylic acids is 2. The van der Waals surface area contributed by atoms with E-state index in [1.165, 1.54) is 0 Å². The molecule has 172 valence electrons. The van der Waals surface area contributed by atoms with Crippen molar-refractivity contribution in [2.45, 2.75) is 71.6 Å². The summed E-state index contributed by atoms with van der Waals surface area (Å²) in [6, 6.07) is 7.37. The first kappa shape index (κ1) is 25.9. The number of rotatable bonds is 8. The van der Waals surface area contributed by atoms with E-state index < -0.39 is 53.0 Å². The van der Waals surface area contributed by atoms with Crippen LogP contribution < -0.4 is 10.6 Å². The van der Waals surface area contributed by atoms with Crippen LogP contribution in [0, 0.1) is 5.41 Å². The molecule has 0 heterocycles. The van der Waals surface area contributed by atoms with E-state index in [0.29, 0.717) is 5.56 Å². The van der Waals surface area contributed by atoms with Gasteiger partial charge in [-0.25, -0.2) is 9.59 Å². The lowest BCUT2D eigenvalue weighted by molar-refractivity contribution is -0.148. The number of carboxylic acid groups (broad SMARTS) is 2. The molecule has 0 aliphatic heterocycles. The molecule has 2 atom stereocenters. The Morgan fingerprint density at radius 1 is 0.968 bits per heavy atom. The summed E-state index contributed by atoms with van der Waals surface area (Å²) in [5.74, 6) is -3.54. The summed E-state index contributed by atoms with van der Waals surface area (Å²) in [7, 11) is 0. The highest BCUT2D eigenvalue weighted by molar-refractivity contribution is 5.96. The van der Waals surface area contributed by atoms with Crippen molar-refractivity contribution in [1.82, 2.24) is 10.6 Å². The molecule has 0 aliphatic carbocycles. The zero-order valence-electron chi connectivity index (χ0n) is 18.8. The van der Waals surface area contributed by atoms with E-state index in [0.717, 1.165) is 0 Å². The monoisotopic (exact) mass is 436 g/mol. The summed E-state index contributed by atoms with van der Waals surface area (Å²) in [5.41, 5.74) is -3.27. The fraction of sp³-hybridized carbons (Fsp3) is 0.545. The molecule has 1 aromatic rings. The minimum atomic E-state index is -1.97. The second-order valence-corrected chi connectivity index (χ2v) is 9.41. The van der Waals surface area contributed by atoms with Crippen molar-refractivity contribution in [1.29, 1.82) is 0 Å². The minimum absolute atomic E-state index is 0.0123. The van der Waals surface area contributed by atoms with Crippen molar-refractivity contribution in [3.8, 4) is 0 Å². The maximum Gasteiger partial charge on any atom is 0.408 e. The van der Waals surface area contributed by atoms with E-state index in [4.69, 9.17) is 4.74 Å². The van der Waals surface area contributed by atoms with Gasteiger partial charge in [-0.15, -0.1) is 0 Å². The van der Waals surface area contributed by atoms with Crippen LogP contribution in [0.3, 0.4) is 0 Å². The van der Waals surface area contributed by atoms with Gasteiger partial charge in [0.1, 0.15) is 17.2 Å². The number of carbonyl (C=O) groups excluding carboxylic acids is 2. The van der Waals surface area contributed by atoms with Gasteiger partial charge < -0.3 is 25.6 Å². The van der Waals surface area contributed by atoms with E-state index in [1.807, 2.05) is 0 Å². The van der Waals surface area contributed by atoms with Gasteiger partial charge in [-0.2, -0.15) is 0 Å². The lowest BCUT2D eigenvalue weighted by Gasteiger charge is -2.43. The zero-order chi connectivity index (χ0) is 24.0. The number of ether oxygens (including phenoxy) is 1. The van der Waals surface area contributed by atoms with Gasteiger partial charge in [0.2, 0.25) is 5.91 Å². The van der Waals surface area contributed by atoms with Crippen molar-refractivity contribution >= 4 is 23.9 Å². The molecule has 9 heteroatoms. The third-order valence-electron chi connectivity index (χ3n) is 4.68. The molecule has 0 bridgehead atoms. The summed E-state index contributed by atoms with van der Waals surface area (Å²) in [5, 5.41) is 24.0. The Morgan fingerprint density at radius 2 is 1.52 bits per heavy atom. The zero-order valence-corrected chi connectivity index (χ0v) is 18.8. The highest BCUT2D eigenvalue weighted by Gasteiger charge is 2.52. The van der Waals surface area contributed by atoms with Crippen LogP contribution in [0.5, 0.6) is 0 Å². The molecule has 0 aromatic heterocycles. The Morgan fingerprint density at radius 3 is 1.94 bits per heavy atom. The molecule has 9 nitrogen and oxygen atoms in total. The maximum atomic E-state index is 13.3. The first-order valence-electron chi connectivity index (χ1n) is 9.88. The molecule has 2 amide bonds. The average Bonchev–Trinajstić information content (AvgIpc) is 2.58. The van der Waals surface area contributed by atoms with Gasteiger partial charge in [0.25, 0.3) is 0 Å². The molecule has 0 fully saturated rings. The standard InChI is InChI=1S/C22H32N2O7/c1-20(2,3)22(13-16(25)26,24-19(30)31-21(4,5)6)18(29)23-15(17(27)28)12-14-10-8-7-9-11-14/h7-11,15H,12-13H2,1-6H3,(H,23,29)(H,24,30)(H,25,26)(H,27,28)/t15-,22-/m0/s1. The van der Waals surface area contributed by atoms with Crippen LogP contribution in [0.15, 0.2) is 30.3 Å². The van der Waals surface area contributed by atoms with Crippen molar-refractivity contribution < 1.29 is 34.1 Å². The fourth-order valence-electron chi connectivity index (χ4n) is 3.01. The summed E-state index contributed by atoms with van der Waals surface area (Å²) >= 11 is 0. The van der Waals surface area contributed by atoms with Crippen LogP contribution >= 0.6 is 0 Å². The summed E-state index contributed by atoms with van der Waals surface area (Å²) in [4.78, 5) is 49.3. The van der Waals surface area contributed by atoms with Crippen LogP contribution in [0.1, 0.15) is 53.5 Å². The topological polar surface area (TPSA) is 142 Å². The summed E-state index contributed by atoms with van der Waals surface area (Å²) in [6.45, 7) is 9.63. The van der Waals surface area contributed by atoms with Crippen molar-refractivity contribution in [2.24, 2.45) is 5.41 Å². The first-order valence-corrected chi connectivity index (χ1v) is 9.88. The normalized spacial score (nSPS) is 14.6. The second kappa shape index (κ2) is 9.80. The van der Waals surface area contributed by atoms with Gasteiger partial charge in [-0.1, -0.05) is 51.1 Å². The number of hydrogen-bond donors (Lipinski definition) is 4. The van der Waals surface area contributed by atoms with E-state index in [1.54, 1.807) is 71.9 Å². The second-order valence-electron chi connectivity index (χ2n) is 9.41. The predicted octanol–water partition coefficient (Wildman–Crippen LogP) is 2.58. The number of aliphatic carboxylic acids is 2. The molecule has 0 aliphatic rings. The number of hydrogen-bond acceptors (Lipinski definition) is 5. The van der Waals surface area contributed by atoms with E-state index in [-0.39, 0.29) is 6.42 Å². The largest absolute Gasteiger partial charge is 0.481 e. The highest BCUT2D eigenvalue weighted by Crippen LogP contribution is 2.34. The molecule has 0 radical (unpaired) electrons. The van der Waals surface area contributed by atoms with Gasteiger partial charge in [0.15, 0.2) is 0 Å². The number of amides is 2. The van der Waals surface area contributed by atoms with Gasteiger partial charge in [-0.3, -0.25) is 9.59 Å². The van der Waals surface area contributed by atoms with Crippen LogP contribution in [-0.2, 0) is 25.5 Å². The Bertz CT molecular complexity index is 809. The van der Waals surface area contributed by atoms with Crippen LogP contribution in [-0.4, -0.2) is 51.3 Å². The van der Waals surface area contributed by atoms with Crippen LogP contribution in [0.4, 0.5) is 4.79 Å². The third kappa shape index (κ3) is 7.58. The van der Waals surface area contributed by atoms with Crippen molar-refractivity contribution in [3.63, 3.8) is 0 Å². The lowest BCUT2D eigenvalue weighted by atomic mass is 9.70. The molecule has 0 saturated heterocycles. The highest BCUT2D eigenvalue weighted by atomic mass is 16.6. The molecule has 0 spiro atoms. The Balaban J connectivity index is 3.31. The van der Waals surface area contributed by atoms with Gasteiger partial charge in [-0.05, 0) is 31.7 Å².